The van der Waals surface area contributed by atoms with Gasteiger partial charge in [0.25, 0.3) is 5.56 Å². The van der Waals surface area contributed by atoms with Crippen LogP contribution in [0.15, 0.2) is 59.8 Å². The van der Waals surface area contributed by atoms with Gasteiger partial charge in [-0.2, -0.15) is 5.10 Å². The van der Waals surface area contributed by atoms with Gasteiger partial charge in [0, 0.05) is 32.4 Å². The first-order valence-electron chi connectivity index (χ1n) is 8.70. The molecule has 0 radical (unpaired) electrons. The molecule has 130 valence electrons. The van der Waals surface area contributed by atoms with Gasteiger partial charge in [-0.1, -0.05) is 30.3 Å². The van der Waals surface area contributed by atoms with Crippen molar-refractivity contribution in [1.82, 2.24) is 19.1 Å². The molecule has 1 unspecified atom stereocenters. The van der Waals surface area contributed by atoms with Crippen molar-refractivity contribution in [2.45, 2.75) is 25.6 Å². The fraction of sp³-hybridized carbons (Fsp3) is 0.368. The van der Waals surface area contributed by atoms with Gasteiger partial charge in [0.2, 0.25) is 0 Å². The molecule has 25 heavy (non-hydrogen) atoms. The van der Waals surface area contributed by atoms with E-state index >= 15 is 0 Å². The molecule has 0 aliphatic carbocycles. The van der Waals surface area contributed by atoms with E-state index in [1.807, 2.05) is 24.4 Å². The highest BCUT2D eigenvalue weighted by atomic mass is 16.5. The number of benzene rings is 1. The second kappa shape index (κ2) is 7.21. The van der Waals surface area contributed by atoms with Crippen molar-refractivity contribution >= 4 is 5.52 Å². The van der Waals surface area contributed by atoms with Crippen molar-refractivity contribution < 1.29 is 4.74 Å². The first-order valence-corrected chi connectivity index (χ1v) is 8.70. The zero-order valence-corrected chi connectivity index (χ0v) is 14.1. The second-order valence-corrected chi connectivity index (χ2v) is 6.49. The molecule has 1 saturated heterocycles. The van der Waals surface area contributed by atoms with Gasteiger partial charge >= 0.3 is 0 Å². The van der Waals surface area contributed by atoms with E-state index in [1.165, 1.54) is 10.2 Å². The molecule has 1 aliphatic rings. The van der Waals surface area contributed by atoms with E-state index in [0.29, 0.717) is 12.1 Å². The molecule has 6 heteroatoms. The van der Waals surface area contributed by atoms with Gasteiger partial charge in [-0.25, -0.2) is 4.68 Å². The van der Waals surface area contributed by atoms with Crippen molar-refractivity contribution in [2.75, 3.05) is 19.7 Å². The molecule has 0 amide bonds. The molecule has 4 rings (SSSR count). The monoisotopic (exact) mass is 338 g/mol. The zero-order chi connectivity index (χ0) is 17.1. The number of hydrogen-bond donors (Lipinski definition) is 0. The second-order valence-electron chi connectivity index (χ2n) is 6.49. The molecule has 1 aromatic carbocycles. The molecule has 0 bridgehead atoms. The van der Waals surface area contributed by atoms with Gasteiger partial charge in [0.15, 0.2) is 0 Å². The number of fused-ring (bicyclic) bond motifs is 1. The lowest BCUT2D eigenvalue weighted by Crippen LogP contribution is -2.37. The quantitative estimate of drug-likeness (QED) is 0.728. The summed E-state index contributed by atoms with van der Waals surface area (Å²) in [5, 5.41) is 4.28. The minimum Gasteiger partial charge on any atom is -0.375 e. The van der Waals surface area contributed by atoms with Crippen LogP contribution in [0.2, 0.25) is 0 Å². The van der Waals surface area contributed by atoms with E-state index in [9.17, 15) is 4.79 Å². The van der Waals surface area contributed by atoms with Crippen LogP contribution in [-0.4, -0.2) is 44.9 Å². The normalized spacial score (nSPS) is 19.1. The van der Waals surface area contributed by atoms with Gasteiger partial charge in [-0.15, -0.1) is 0 Å². The summed E-state index contributed by atoms with van der Waals surface area (Å²) in [5.41, 5.74) is 1.87. The van der Waals surface area contributed by atoms with Gasteiger partial charge in [-0.05, 0) is 24.1 Å². The molecule has 6 nitrogen and oxygen atoms in total. The third-order valence-corrected chi connectivity index (χ3v) is 4.61. The van der Waals surface area contributed by atoms with Crippen molar-refractivity contribution in [3.63, 3.8) is 0 Å². The summed E-state index contributed by atoms with van der Waals surface area (Å²) in [6.07, 6.45) is 4.48. The summed E-state index contributed by atoms with van der Waals surface area (Å²) in [7, 11) is 0. The Morgan fingerprint density at radius 3 is 2.92 bits per heavy atom. The zero-order valence-electron chi connectivity index (χ0n) is 14.1. The highest BCUT2D eigenvalue weighted by molar-refractivity contribution is 5.44. The molecule has 3 heterocycles. The Kier molecular flexibility index (Phi) is 4.63. The predicted molar refractivity (Wildman–Crippen MR) is 95.5 cm³/mol. The fourth-order valence-corrected chi connectivity index (χ4v) is 3.37. The number of hydrogen-bond acceptors (Lipinski definition) is 4. The average Bonchev–Trinajstić information content (AvgIpc) is 3.01. The molecule has 1 atom stereocenters. The lowest BCUT2D eigenvalue weighted by atomic mass is 10.2. The number of rotatable bonds is 4. The number of nitrogens with zero attached hydrogens (tertiary/aromatic N) is 4. The molecule has 0 spiro atoms. The summed E-state index contributed by atoms with van der Waals surface area (Å²) < 4.78 is 9.24. The Balaban J connectivity index is 1.48. The smallest absolute Gasteiger partial charge is 0.291 e. The Bertz CT molecular complexity index is 887. The van der Waals surface area contributed by atoms with E-state index in [-0.39, 0.29) is 11.7 Å². The Morgan fingerprint density at radius 2 is 2.04 bits per heavy atom. The van der Waals surface area contributed by atoms with Crippen LogP contribution in [0.1, 0.15) is 12.0 Å². The molecule has 0 N–H and O–H groups in total. The molecule has 1 fully saturated rings. The van der Waals surface area contributed by atoms with Crippen LogP contribution in [0.3, 0.4) is 0 Å². The summed E-state index contributed by atoms with van der Waals surface area (Å²) in [5.74, 6) is 0. The first-order chi connectivity index (χ1) is 12.3. The van der Waals surface area contributed by atoms with Crippen LogP contribution in [-0.2, 0) is 17.8 Å². The third kappa shape index (κ3) is 3.65. The minimum absolute atomic E-state index is 0.0335. The number of ether oxygens (including phenoxy) is 1. The third-order valence-electron chi connectivity index (χ3n) is 4.61. The van der Waals surface area contributed by atoms with Gasteiger partial charge in [0.1, 0.15) is 11.8 Å². The standard InChI is InChI=1S/C19H22N4O2/c24-19-18-8-4-10-22(18)15-20-23(19)14-17-13-21(9-5-11-25-17)12-16-6-2-1-3-7-16/h1-4,6-8,10,15,17H,5,9,11-14H2. The van der Waals surface area contributed by atoms with Crippen LogP contribution in [0, 0.1) is 0 Å². The highest BCUT2D eigenvalue weighted by Gasteiger charge is 2.20. The molecular formula is C19H22N4O2. The molecule has 2 aromatic heterocycles. The van der Waals surface area contributed by atoms with E-state index in [4.69, 9.17) is 4.74 Å². The average molecular weight is 338 g/mol. The van der Waals surface area contributed by atoms with E-state index in [0.717, 1.165) is 32.7 Å². The van der Waals surface area contributed by atoms with E-state index in [2.05, 4.69) is 34.3 Å². The van der Waals surface area contributed by atoms with Crippen LogP contribution in [0.25, 0.3) is 5.52 Å². The minimum atomic E-state index is -0.0741. The maximum absolute atomic E-state index is 12.5. The lowest BCUT2D eigenvalue weighted by molar-refractivity contribution is 0.0381. The van der Waals surface area contributed by atoms with Crippen LogP contribution < -0.4 is 5.56 Å². The summed E-state index contributed by atoms with van der Waals surface area (Å²) in [6, 6.07) is 14.1. The fourth-order valence-electron chi connectivity index (χ4n) is 3.37. The summed E-state index contributed by atoms with van der Waals surface area (Å²) >= 11 is 0. The largest absolute Gasteiger partial charge is 0.375 e. The highest BCUT2D eigenvalue weighted by Crippen LogP contribution is 2.12. The lowest BCUT2D eigenvalue weighted by Gasteiger charge is -2.24. The maximum atomic E-state index is 12.5. The maximum Gasteiger partial charge on any atom is 0.291 e. The van der Waals surface area contributed by atoms with Crippen LogP contribution in [0.5, 0.6) is 0 Å². The van der Waals surface area contributed by atoms with Crippen LogP contribution >= 0.6 is 0 Å². The Morgan fingerprint density at radius 1 is 1.16 bits per heavy atom. The van der Waals surface area contributed by atoms with Gasteiger partial charge < -0.3 is 9.14 Å². The van der Waals surface area contributed by atoms with E-state index < -0.39 is 0 Å². The molecule has 3 aromatic rings. The van der Waals surface area contributed by atoms with Crippen molar-refractivity contribution in [2.24, 2.45) is 0 Å². The predicted octanol–water partition coefficient (Wildman–Crippen LogP) is 1.79. The summed E-state index contributed by atoms with van der Waals surface area (Å²) in [6.45, 7) is 3.91. The van der Waals surface area contributed by atoms with E-state index in [1.54, 1.807) is 10.7 Å². The van der Waals surface area contributed by atoms with Crippen molar-refractivity contribution in [3.8, 4) is 0 Å². The molecular weight excluding hydrogens is 316 g/mol. The van der Waals surface area contributed by atoms with Crippen molar-refractivity contribution in [1.29, 1.82) is 0 Å². The molecule has 1 aliphatic heterocycles. The topological polar surface area (TPSA) is 51.8 Å². The SMILES string of the molecule is O=c1c2cccn2cnn1CC1CN(Cc2ccccc2)CCCO1. The molecule has 0 saturated carbocycles. The number of aromatic nitrogens is 3. The van der Waals surface area contributed by atoms with Crippen molar-refractivity contribution in [3.05, 3.63) is 70.9 Å². The first kappa shape index (κ1) is 16.1. The van der Waals surface area contributed by atoms with Gasteiger partial charge in [-0.3, -0.25) is 9.69 Å². The van der Waals surface area contributed by atoms with Crippen LogP contribution in [0.4, 0.5) is 0 Å². The Labute approximate surface area is 146 Å². The van der Waals surface area contributed by atoms with Gasteiger partial charge in [0.05, 0.1) is 12.6 Å². The summed E-state index contributed by atoms with van der Waals surface area (Å²) in [4.78, 5) is 14.9. The Hall–Kier alpha value is -2.44.